The molecule has 0 N–H and O–H groups in total. The number of rotatable bonds is 3. The predicted octanol–water partition coefficient (Wildman–Crippen LogP) is 3.60. The highest BCUT2D eigenvalue weighted by molar-refractivity contribution is 7.99. The summed E-state index contributed by atoms with van der Waals surface area (Å²) in [5.74, 6) is 0.827. The van der Waals surface area contributed by atoms with Gasteiger partial charge >= 0.3 is 0 Å². The van der Waals surface area contributed by atoms with Crippen molar-refractivity contribution in [1.82, 2.24) is 9.97 Å². The average molecular weight is 267 g/mol. The van der Waals surface area contributed by atoms with Crippen LogP contribution in [0.5, 0.6) is 5.75 Å². The van der Waals surface area contributed by atoms with Gasteiger partial charge in [0.1, 0.15) is 10.8 Å². The molecule has 0 aliphatic heterocycles. The van der Waals surface area contributed by atoms with Crippen LogP contribution in [-0.4, -0.2) is 17.1 Å². The molecular weight excluding hydrogens is 256 g/mol. The molecule has 0 atom stereocenters. The number of methoxy groups -OCH3 is 1. The normalized spacial score (nSPS) is 10.3. The van der Waals surface area contributed by atoms with Crippen LogP contribution in [0.3, 0.4) is 0 Å². The third-order valence-corrected chi connectivity index (χ3v) is 3.43. The van der Waals surface area contributed by atoms with E-state index in [0.29, 0.717) is 0 Å². The van der Waals surface area contributed by atoms with Crippen LogP contribution < -0.4 is 4.74 Å². The first-order chi connectivity index (χ1) is 8.19. The second-order valence-corrected chi connectivity index (χ2v) is 4.81. The van der Waals surface area contributed by atoms with Crippen molar-refractivity contribution in [1.29, 1.82) is 0 Å². The molecule has 0 unspecified atom stereocenters. The monoisotopic (exact) mass is 266 g/mol. The zero-order valence-corrected chi connectivity index (χ0v) is 11.0. The molecule has 0 saturated heterocycles. The van der Waals surface area contributed by atoms with Gasteiger partial charge in [0.25, 0.3) is 0 Å². The summed E-state index contributed by atoms with van der Waals surface area (Å²) in [6, 6.07) is 7.81. The SMILES string of the molecule is COc1cccc(Sc2nc(Cl)ncc2C)c1. The summed E-state index contributed by atoms with van der Waals surface area (Å²) in [4.78, 5) is 9.19. The second kappa shape index (κ2) is 5.38. The van der Waals surface area contributed by atoms with Gasteiger partial charge in [-0.05, 0) is 36.7 Å². The van der Waals surface area contributed by atoms with Gasteiger partial charge < -0.3 is 4.74 Å². The van der Waals surface area contributed by atoms with E-state index in [9.17, 15) is 0 Å². The van der Waals surface area contributed by atoms with Crippen LogP contribution >= 0.6 is 23.4 Å². The van der Waals surface area contributed by atoms with E-state index in [1.54, 1.807) is 25.1 Å². The van der Waals surface area contributed by atoms with Crippen LogP contribution in [0.15, 0.2) is 40.4 Å². The second-order valence-electron chi connectivity index (χ2n) is 3.41. The summed E-state index contributed by atoms with van der Waals surface area (Å²) >= 11 is 7.32. The van der Waals surface area contributed by atoms with E-state index in [4.69, 9.17) is 16.3 Å². The Balaban J connectivity index is 2.27. The van der Waals surface area contributed by atoms with E-state index in [1.807, 2.05) is 31.2 Å². The van der Waals surface area contributed by atoms with Crippen LogP contribution in [-0.2, 0) is 0 Å². The molecule has 1 aromatic heterocycles. The summed E-state index contributed by atoms with van der Waals surface area (Å²) in [7, 11) is 1.65. The number of hydrogen-bond acceptors (Lipinski definition) is 4. The average Bonchev–Trinajstić information content (AvgIpc) is 2.34. The summed E-state index contributed by atoms with van der Waals surface area (Å²) in [6.07, 6.45) is 1.72. The van der Waals surface area contributed by atoms with Gasteiger partial charge in [0.05, 0.1) is 7.11 Å². The van der Waals surface area contributed by atoms with Gasteiger partial charge in [-0.2, -0.15) is 0 Å². The number of halogens is 1. The molecule has 2 rings (SSSR count). The van der Waals surface area contributed by atoms with Crippen LogP contribution in [0, 0.1) is 6.92 Å². The lowest BCUT2D eigenvalue weighted by molar-refractivity contribution is 0.413. The topological polar surface area (TPSA) is 35.0 Å². The van der Waals surface area contributed by atoms with Crippen LogP contribution in [0.25, 0.3) is 0 Å². The van der Waals surface area contributed by atoms with E-state index < -0.39 is 0 Å². The third kappa shape index (κ3) is 3.11. The summed E-state index contributed by atoms with van der Waals surface area (Å²) in [5.41, 5.74) is 1.00. The van der Waals surface area contributed by atoms with Crippen molar-refractivity contribution in [3.05, 3.63) is 41.3 Å². The van der Waals surface area contributed by atoms with E-state index in [-0.39, 0.29) is 5.28 Å². The molecule has 0 spiro atoms. The molecule has 88 valence electrons. The molecule has 0 fully saturated rings. The Morgan fingerprint density at radius 3 is 2.94 bits per heavy atom. The molecule has 5 heteroatoms. The predicted molar refractivity (Wildman–Crippen MR) is 68.9 cm³/mol. The van der Waals surface area contributed by atoms with Crippen LogP contribution in [0.4, 0.5) is 0 Å². The first-order valence-corrected chi connectivity index (χ1v) is 6.19. The minimum absolute atomic E-state index is 0.265. The third-order valence-electron chi connectivity index (χ3n) is 2.15. The van der Waals surface area contributed by atoms with Crippen molar-refractivity contribution < 1.29 is 4.74 Å². The molecule has 1 aromatic carbocycles. The quantitative estimate of drug-likeness (QED) is 0.628. The molecular formula is C12H11ClN2OS. The van der Waals surface area contributed by atoms with E-state index in [2.05, 4.69) is 9.97 Å². The fraction of sp³-hybridized carbons (Fsp3) is 0.167. The number of aryl methyl sites for hydroxylation is 1. The minimum Gasteiger partial charge on any atom is -0.497 e. The minimum atomic E-state index is 0.265. The maximum atomic E-state index is 5.78. The molecule has 17 heavy (non-hydrogen) atoms. The van der Waals surface area contributed by atoms with Crippen molar-refractivity contribution in [2.45, 2.75) is 16.8 Å². The van der Waals surface area contributed by atoms with Gasteiger partial charge in [0.2, 0.25) is 5.28 Å². The van der Waals surface area contributed by atoms with Crippen LogP contribution in [0.2, 0.25) is 5.28 Å². The standard InChI is InChI=1S/C12H11ClN2OS/c1-8-7-14-12(13)15-11(8)17-10-5-3-4-9(6-10)16-2/h3-7H,1-2H3. The lowest BCUT2D eigenvalue weighted by Crippen LogP contribution is -1.89. The van der Waals surface area contributed by atoms with E-state index in [1.165, 1.54) is 0 Å². The summed E-state index contributed by atoms with van der Waals surface area (Å²) in [6.45, 7) is 1.96. The lowest BCUT2D eigenvalue weighted by atomic mass is 10.3. The molecule has 0 aliphatic rings. The smallest absolute Gasteiger partial charge is 0.223 e. The molecule has 0 bridgehead atoms. The van der Waals surface area contributed by atoms with Crippen LogP contribution in [0.1, 0.15) is 5.56 Å². The molecule has 0 amide bonds. The van der Waals surface area contributed by atoms with E-state index >= 15 is 0 Å². The molecule has 0 aliphatic carbocycles. The molecule has 3 nitrogen and oxygen atoms in total. The van der Waals surface area contributed by atoms with Gasteiger partial charge in [-0.15, -0.1) is 0 Å². The number of ether oxygens (including phenoxy) is 1. The van der Waals surface area contributed by atoms with Gasteiger partial charge in [0, 0.05) is 16.7 Å². The van der Waals surface area contributed by atoms with Gasteiger partial charge in [-0.1, -0.05) is 17.8 Å². The summed E-state index contributed by atoms with van der Waals surface area (Å²) < 4.78 is 5.17. The number of benzene rings is 1. The molecule has 2 aromatic rings. The first kappa shape index (κ1) is 12.2. The van der Waals surface area contributed by atoms with Gasteiger partial charge in [-0.3, -0.25) is 0 Å². The Labute approximate surface area is 109 Å². The Kier molecular flexibility index (Phi) is 3.86. The zero-order valence-electron chi connectivity index (χ0n) is 9.48. The lowest BCUT2D eigenvalue weighted by Gasteiger charge is -2.05. The van der Waals surface area contributed by atoms with Crippen molar-refractivity contribution in [3.63, 3.8) is 0 Å². The summed E-state index contributed by atoms with van der Waals surface area (Å²) in [5, 5.41) is 1.12. The fourth-order valence-electron chi connectivity index (χ4n) is 1.29. The highest BCUT2D eigenvalue weighted by Gasteiger charge is 2.05. The van der Waals surface area contributed by atoms with Gasteiger partial charge in [-0.25, -0.2) is 9.97 Å². The van der Waals surface area contributed by atoms with Gasteiger partial charge in [0.15, 0.2) is 0 Å². The number of nitrogens with zero attached hydrogens (tertiary/aromatic N) is 2. The van der Waals surface area contributed by atoms with Crippen molar-refractivity contribution in [3.8, 4) is 5.75 Å². The van der Waals surface area contributed by atoms with Crippen molar-refractivity contribution >= 4 is 23.4 Å². The largest absolute Gasteiger partial charge is 0.497 e. The van der Waals surface area contributed by atoms with Crippen molar-refractivity contribution in [2.75, 3.05) is 7.11 Å². The Morgan fingerprint density at radius 1 is 1.35 bits per heavy atom. The fourth-order valence-corrected chi connectivity index (χ4v) is 2.36. The van der Waals surface area contributed by atoms with E-state index in [0.717, 1.165) is 21.2 Å². The Morgan fingerprint density at radius 2 is 2.18 bits per heavy atom. The zero-order chi connectivity index (χ0) is 12.3. The molecule has 0 saturated carbocycles. The molecule has 0 radical (unpaired) electrons. The highest BCUT2D eigenvalue weighted by atomic mass is 35.5. The maximum absolute atomic E-state index is 5.78. The number of hydrogen-bond donors (Lipinski definition) is 0. The first-order valence-electron chi connectivity index (χ1n) is 5.00. The number of aromatic nitrogens is 2. The maximum Gasteiger partial charge on any atom is 0.223 e. The Bertz CT molecular complexity index is 534. The Hall–Kier alpha value is -1.26. The highest BCUT2D eigenvalue weighted by Crippen LogP contribution is 2.30. The van der Waals surface area contributed by atoms with Crippen molar-refractivity contribution in [2.24, 2.45) is 0 Å². The molecule has 1 heterocycles.